The molecule has 0 N–H and O–H groups in total. The standard InChI is InChI=1S/C33H32F5NO6S2/c1-3-4-24-17-25-26-19-45-31-28(35)14-13-27(34)30(31)32(26,46(40,41)23-11-7-21(8-12-23)33(36,37)38)16-15-29(25)39(47(24,42)43)18-20-5-9-22(44-2)10-6-20/h3,5-14,24-26,29H,1,4,15-19H2,2H3/t24-,25+,26+,29-,32+/m1/s1. The molecule has 0 bridgehead atoms. The number of hydrogen-bond donors (Lipinski definition) is 0. The summed E-state index contributed by atoms with van der Waals surface area (Å²) in [4.78, 5) is -0.494. The van der Waals surface area contributed by atoms with E-state index in [0.29, 0.717) is 23.4 Å². The van der Waals surface area contributed by atoms with E-state index < -0.39 is 87.3 Å². The molecule has 0 unspecified atom stereocenters. The summed E-state index contributed by atoms with van der Waals surface area (Å²) in [6.45, 7) is 3.30. The van der Waals surface area contributed by atoms with E-state index in [9.17, 15) is 30.0 Å². The molecular formula is C33H32F5NO6S2. The highest BCUT2D eigenvalue weighted by atomic mass is 32.2. The van der Waals surface area contributed by atoms with Gasteiger partial charge in [0.05, 0.1) is 35.0 Å². The SMILES string of the molecule is C=CC[C@@H]1C[C@@H]2[C@@H](CC[C@@]3(S(=O)(=O)c4ccc(C(F)(F)F)cc4)c4c(F)ccc(F)c4OC[C@@H]23)N(Cc2ccc(OC)cc2)S1(=O)=O. The highest BCUT2D eigenvalue weighted by Gasteiger charge is 2.65. The van der Waals surface area contributed by atoms with Crippen LogP contribution < -0.4 is 9.47 Å². The first kappa shape index (κ1) is 33.4. The Morgan fingerprint density at radius 3 is 2.32 bits per heavy atom. The average Bonchev–Trinajstić information content (AvgIpc) is 3.04. The number of methoxy groups -OCH3 is 1. The van der Waals surface area contributed by atoms with Crippen molar-refractivity contribution in [1.82, 2.24) is 4.31 Å². The third-order valence-electron chi connectivity index (χ3n) is 9.86. The van der Waals surface area contributed by atoms with Crippen LogP contribution in [0.15, 0.2) is 78.2 Å². The number of halogens is 5. The molecule has 1 aliphatic carbocycles. The summed E-state index contributed by atoms with van der Waals surface area (Å²) in [5.41, 5.74) is -0.944. The summed E-state index contributed by atoms with van der Waals surface area (Å²) in [5.74, 6) is -3.83. The van der Waals surface area contributed by atoms with Crippen molar-refractivity contribution in [2.45, 2.75) is 59.3 Å². The van der Waals surface area contributed by atoms with Gasteiger partial charge in [0, 0.05) is 18.5 Å². The van der Waals surface area contributed by atoms with Crippen LogP contribution in [0, 0.1) is 23.5 Å². The fourth-order valence-electron chi connectivity index (χ4n) is 7.69. The molecule has 252 valence electrons. The topological polar surface area (TPSA) is 90.0 Å². The molecule has 7 nitrogen and oxygen atoms in total. The van der Waals surface area contributed by atoms with Crippen molar-refractivity contribution in [2.75, 3.05) is 13.7 Å². The minimum atomic E-state index is -4.75. The van der Waals surface area contributed by atoms with E-state index in [1.54, 1.807) is 24.3 Å². The molecule has 3 aromatic rings. The van der Waals surface area contributed by atoms with Gasteiger partial charge in [-0.1, -0.05) is 18.2 Å². The van der Waals surface area contributed by atoms with E-state index in [4.69, 9.17) is 9.47 Å². The first-order chi connectivity index (χ1) is 22.2. The van der Waals surface area contributed by atoms with Gasteiger partial charge in [-0.15, -0.1) is 6.58 Å². The third-order valence-corrected chi connectivity index (χ3v) is 14.7. The lowest BCUT2D eigenvalue weighted by molar-refractivity contribution is -0.137. The van der Waals surface area contributed by atoms with Crippen LogP contribution in [-0.4, -0.2) is 46.1 Å². The molecule has 2 aliphatic heterocycles. The summed E-state index contributed by atoms with van der Waals surface area (Å²) in [7, 11) is -7.20. The van der Waals surface area contributed by atoms with Gasteiger partial charge in [0.15, 0.2) is 21.4 Å². The number of alkyl halides is 3. The third kappa shape index (κ3) is 5.32. The zero-order chi connectivity index (χ0) is 33.9. The Morgan fingerprint density at radius 1 is 1.04 bits per heavy atom. The summed E-state index contributed by atoms with van der Waals surface area (Å²) >= 11 is 0. The molecule has 0 amide bonds. The van der Waals surface area contributed by atoms with E-state index in [-0.39, 0.29) is 38.8 Å². The number of ether oxygens (including phenoxy) is 2. The minimum Gasteiger partial charge on any atom is -0.497 e. The molecule has 1 saturated heterocycles. The number of sulfone groups is 1. The molecule has 0 spiro atoms. The molecule has 2 fully saturated rings. The number of fused-ring (bicyclic) bond motifs is 5. The Hall–Kier alpha value is -3.49. The fourth-order valence-corrected chi connectivity index (χ4v) is 12.3. The van der Waals surface area contributed by atoms with Crippen LogP contribution in [0.4, 0.5) is 22.0 Å². The first-order valence-corrected chi connectivity index (χ1v) is 17.9. The van der Waals surface area contributed by atoms with Crippen molar-refractivity contribution in [3.8, 4) is 11.5 Å². The van der Waals surface area contributed by atoms with Gasteiger partial charge in [-0.3, -0.25) is 0 Å². The molecule has 47 heavy (non-hydrogen) atoms. The van der Waals surface area contributed by atoms with Gasteiger partial charge < -0.3 is 9.47 Å². The normalized spacial score (nSPS) is 27.1. The van der Waals surface area contributed by atoms with Gasteiger partial charge in [0.25, 0.3) is 0 Å². The largest absolute Gasteiger partial charge is 0.497 e. The van der Waals surface area contributed by atoms with E-state index in [2.05, 4.69) is 6.58 Å². The number of sulfonamides is 1. The van der Waals surface area contributed by atoms with Gasteiger partial charge in [-0.2, -0.15) is 17.5 Å². The van der Waals surface area contributed by atoms with Gasteiger partial charge in [0.1, 0.15) is 16.3 Å². The number of hydrogen-bond acceptors (Lipinski definition) is 6. The van der Waals surface area contributed by atoms with Crippen LogP contribution in [0.25, 0.3) is 0 Å². The van der Waals surface area contributed by atoms with Gasteiger partial charge in [-0.25, -0.2) is 25.6 Å². The Balaban J connectivity index is 1.52. The lowest BCUT2D eigenvalue weighted by atomic mass is 9.64. The van der Waals surface area contributed by atoms with Gasteiger partial charge in [-0.05, 0) is 85.7 Å². The predicted molar refractivity (Wildman–Crippen MR) is 163 cm³/mol. The van der Waals surface area contributed by atoms with Crippen LogP contribution in [0.2, 0.25) is 0 Å². The lowest BCUT2D eigenvalue weighted by Gasteiger charge is -2.57. The summed E-state index contributed by atoms with van der Waals surface area (Å²) in [6, 6.07) is 10.6. The van der Waals surface area contributed by atoms with Crippen LogP contribution in [0.3, 0.4) is 0 Å². The summed E-state index contributed by atoms with van der Waals surface area (Å²) < 4.78 is 139. The Morgan fingerprint density at radius 2 is 1.70 bits per heavy atom. The molecular weight excluding hydrogens is 665 g/mol. The van der Waals surface area contributed by atoms with E-state index in [1.807, 2.05) is 0 Å². The van der Waals surface area contributed by atoms with Crippen molar-refractivity contribution in [2.24, 2.45) is 11.8 Å². The quantitative estimate of drug-likeness (QED) is 0.204. The van der Waals surface area contributed by atoms with E-state index >= 15 is 8.78 Å². The van der Waals surface area contributed by atoms with Crippen molar-refractivity contribution in [1.29, 1.82) is 0 Å². The lowest BCUT2D eigenvalue weighted by Crippen LogP contribution is -2.64. The number of nitrogens with zero attached hydrogens (tertiary/aromatic N) is 1. The molecule has 2 heterocycles. The maximum atomic E-state index is 15.9. The first-order valence-electron chi connectivity index (χ1n) is 14.9. The highest BCUT2D eigenvalue weighted by molar-refractivity contribution is 7.92. The minimum absolute atomic E-state index is 0.0112. The predicted octanol–water partition coefficient (Wildman–Crippen LogP) is 6.63. The molecule has 3 aromatic carbocycles. The highest BCUT2D eigenvalue weighted by Crippen LogP contribution is 2.61. The molecule has 14 heteroatoms. The molecule has 5 atom stereocenters. The van der Waals surface area contributed by atoms with E-state index in [0.717, 1.165) is 24.3 Å². The second kappa shape index (κ2) is 11.9. The molecule has 0 radical (unpaired) electrons. The maximum Gasteiger partial charge on any atom is 0.416 e. The van der Waals surface area contributed by atoms with Crippen LogP contribution >= 0.6 is 0 Å². The zero-order valence-electron chi connectivity index (χ0n) is 25.2. The van der Waals surface area contributed by atoms with Gasteiger partial charge >= 0.3 is 6.18 Å². The Bertz CT molecular complexity index is 1900. The van der Waals surface area contributed by atoms with Crippen LogP contribution in [0.1, 0.15) is 42.4 Å². The summed E-state index contributed by atoms with van der Waals surface area (Å²) in [6.07, 6.45) is -3.61. The van der Waals surface area contributed by atoms with Crippen molar-refractivity contribution in [3.63, 3.8) is 0 Å². The second-order valence-electron chi connectivity index (χ2n) is 12.2. The molecule has 3 aliphatic rings. The second-order valence-corrected chi connectivity index (χ2v) is 16.5. The fraction of sp³-hybridized carbons (Fsp3) is 0.394. The van der Waals surface area contributed by atoms with Crippen LogP contribution in [-0.2, 0) is 37.3 Å². The summed E-state index contributed by atoms with van der Waals surface area (Å²) in [5, 5.41) is -0.997. The van der Waals surface area contributed by atoms with Crippen molar-refractivity contribution in [3.05, 3.63) is 102 Å². The Labute approximate surface area is 270 Å². The number of rotatable bonds is 7. The Kier molecular flexibility index (Phi) is 8.45. The average molecular weight is 698 g/mol. The molecule has 0 aromatic heterocycles. The number of allylic oxidation sites excluding steroid dienone is 1. The van der Waals surface area contributed by atoms with Crippen molar-refractivity contribution < 1.29 is 48.3 Å². The van der Waals surface area contributed by atoms with Crippen LogP contribution in [0.5, 0.6) is 11.5 Å². The van der Waals surface area contributed by atoms with Gasteiger partial charge in [0.2, 0.25) is 10.0 Å². The number of benzene rings is 3. The maximum absolute atomic E-state index is 15.9. The monoisotopic (exact) mass is 697 g/mol. The van der Waals surface area contributed by atoms with E-state index in [1.165, 1.54) is 17.5 Å². The smallest absolute Gasteiger partial charge is 0.416 e. The van der Waals surface area contributed by atoms with Crippen molar-refractivity contribution >= 4 is 19.9 Å². The molecule has 1 saturated carbocycles. The zero-order valence-corrected chi connectivity index (χ0v) is 26.8. The molecule has 6 rings (SSSR count).